The first kappa shape index (κ1) is 21.1. The molecule has 0 spiro atoms. The number of ether oxygens (including phenoxy) is 2. The monoisotopic (exact) mass is 410 g/mol. The summed E-state index contributed by atoms with van der Waals surface area (Å²) in [5.41, 5.74) is -2.32. The molecule has 29 heavy (non-hydrogen) atoms. The van der Waals surface area contributed by atoms with Crippen molar-refractivity contribution in [2.75, 3.05) is 0 Å². The first-order valence-corrected chi connectivity index (χ1v) is 11.2. The largest absolute Gasteiger partial charge is 0.463 e. The van der Waals surface area contributed by atoms with Gasteiger partial charge < -0.3 is 14.6 Å². The van der Waals surface area contributed by atoms with Crippen LogP contribution in [0.3, 0.4) is 0 Å². The Morgan fingerprint density at radius 3 is 2.28 bits per heavy atom. The predicted octanol–water partition coefficient (Wildman–Crippen LogP) is 4.30. The second-order valence-electron chi connectivity index (χ2n) is 10.6. The predicted molar refractivity (Wildman–Crippen MR) is 104 cm³/mol. The molecular weight excluding hydrogens is 375 g/mol. The third-order valence-electron chi connectivity index (χ3n) is 9.44. The van der Waals surface area contributed by atoms with Gasteiger partial charge in [-0.15, -0.1) is 0 Å². The number of rotatable bonds is 2. The van der Waals surface area contributed by atoms with Gasteiger partial charge >= 0.3 is 11.9 Å². The Kier molecular flexibility index (Phi) is 4.84. The summed E-state index contributed by atoms with van der Waals surface area (Å²) in [5, 5.41) is 11.2. The Morgan fingerprint density at radius 1 is 0.897 bits per heavy atom. The van der Waals surface area contributed by atoms with Crippen LogP contribution in [0.2, 0.25) is 0 Å². The Hall–Kier alpha value is -1.17. The molecular formula is C23H35FO5. The number of alkyl halides is 1. The lowest BCUT2D eigenvalue weighted by Gasteiger charge is -2.64. The molecule has 0 bridgehead atoms. The minimum absolute atomic E-state index is 0.00886. The van der Waals surface area contributed by atoms with Crippen LogP contribution in [0.5, 0.6) is 0 Å². The number of hydrogen-bond acceptors (Lipinski definition) is 5. The van der Waals surface area contributed by atoms with Crippen LogP contribution in [0.4, 0.5) is 4.39 Å². The van der Waals surface area contributed by atoms with Crippen molar-refractivity contribution in [3.8, 4) is 0 Å². The number of hydrogen-bond donors (Lipinski definition) is 1. The fourth-order valence-electron chi connectivity index (χ4n) is 7.83. The summed E-state index contributed by atoms with van der Waals surface area (Å²) in [6, 6.07) is 0. The SMILES string of the molecule is CC(=O)OC1CC[C@@]2(C)C(CC[C@H]3[C@@H]4CCC(O)(OC(C)=O)[C@@]4(C)CC[C@]32F)C1. The second kappa shape index (κ2) is 6.66. The zero-order valence-electron chi connectivity index (χ0n) is 18.1. The van der Waals surface area contributed by atoms with Crippen molar-refractivity contribution in [3.05, 3.63) is 0 Å². The minimum atomic E-state index is -1.49. The van der Waals surface area contributed by atoms with Crippen LogP contribution in [0.25, 0.3) is 0 Å². The minimum Gasteiger partial charge on any atom is -0.463 e. The Morgan fingerprint density at radius 2 is 1.62 bits per heavy atom. The third kappa shape index (κ3) is 2.88. The van der Waals surface area contributed by atoms with Crippen molar-refractivity contribution in [2.45, 2.75) is 103 Å². The number of carbonyl (C=O) groups is 2. The van der Waals surface area contributed by atoms with Crippen molar-refractivity contribution in [2.24, 2.45) is 28.6 Å². The Balaban J connectivity index is 1.60. The number of esters is 2. The lowest BCUT2D eigenvalue weighted by molar-refractivity contribution is -0.278. The molecule has 3 unspecified atom stereocenters. The first-order valence-electron chi connectivity index (χ1n) is 11.2. The van der Waals surface area contributed by atoms with Crippen molar-refractivity contribution < 1.29 is 28.6 Å². The van der Waals surface area contributed by atoms with E-state index >= 15 is 4.39 Å². The van der Waals surface area contributed by atoms with Crippen LogP contribution in [0, 0.1) is 28.6 Å². The highest BCUT2D eigenvalue weighted by molar-refractivity contribution is 5.66. The molecule has 5 nitrogen and oxygen atoms in total. The summed E-state index contributed by atoms with van der Waals surface area (Å²) in [4.78, 5) is 23.0. The maximum atomic E-state index is 17.0. The topological polar surface area (TPSA) is 72.8 Å². The molecule has 0 radical (unpaired) electrons. The molecule has 4 aliphatic carbocycles. The average molecular weight is 411 g/mol. The van der Waals surface area contributed by atoms with Crippen LogP contribution < -0.4 is 0 Å². The quantitative estimate of drug-likeness (QED) is 0.543. The Labute approximate surface area is 172 Å². The highest BCUT2D eigenvalue weighted by Crippen LogP contribution is 2.71. The number of aliphatic hydroxyl groups is 1. The van der Waals surface area contributed by atoms with Gasteiger partial charge in [0, 0.05) is 31.1 Å². The van der Waals surface area contributed by atoms with Crippen LogP contribution in [0.1, 0.15) is 85.5 Å². The normalized spacial score (nSPS) is 51.4. The van der Waals surface area contributed by atoms with E-state index in [4.69, 9.17) is 9.47 Å². The molecule has 0 saturated heterocycles. The van der Waals surface area contributed by atoms with Crippen molar-refractivity contribution in [3.63, 3.8) is 0 Å². The molecule has 0 aliphatic heterocycles. The van der Waals surface area contributed by atoms with Gasteiger partial charge in [0.2, 0.25) is 5.79 Å². The molecule has 4 saturated carbocycles. The standard InChI is InChI=1S/C23H35FO5/c1-14(25)28-17-7-9-20(3)16(13-17)5-6-19-18-8-10-23(27,29-15(2)26)21(18,4)11-12-22(19,20)24/h16-19,27H,5-13H2,1-4H3/t16?,17?,18-,19-,20-,21-,22-,23?/m0/s1. The van der Waals surface area contributed by atoms with E-state index in [2.05, 4.69) is 6.92 Å². The fourth-order valence-corrected chi connectivity index (χ4v) is 7.83. The van der Waals surface area contributed by atoms with Crippen molar-refractivity contribution >= 4 is 11.9 Å². The molecule has 0 amide bonds. The summed E-state index contributed by atoms with van der Waals surface area (Å²) in [5.74, 6) is -2.14. The van der Waals surface area contributed by atoms with Gasteiger partial charge in [-0.2, -0.15) is 0 Å². The van der Waals surface area contributed by atoms with Gasteiger partial charge in [-0.3, -0.25) is 9.59 Å². The van der Waals surface area contributed by atoms with Gasteiger partial charge in [-0.25, -0.2) is 4.39 Å². The van der Waals surface area contributed by atoms with Crippen molar-refractivity contribution in [1.29, 1.82) is 0 Å². The molecule has 4 rings (SSSR count). The van der Waals surface area contributed by atoms with Gasteiger partial charge in [-0.1, -0.05) is 13.8 Å². The first-order chi connectivity index (χ1) is 13.5. The summed E-state index contributed by atoms with van der Waals surface area (Å²) >= 11 is 0. The van der Waals surface area contributed by atoms with E-state index in [1.165, 1.54) is 13.8 Å². The molecule has 1 N–H and O–H groups in total. The lowest BCUT2D eigenvalue weighted by Crippen LogP contribution is -2.65. The number of carbonyl (C=O) groups excluding carboxylic acids is 2. The molecule has 8 atom stereocenters. The smallest absolute Gasteiger partial charge is 0.305 e. The van der Waals surface area contributed by atoms with E-state index in [0.717, 1.165) is 25.7 Å². The van der Waals surface area contributed by atoms with Gasteiger partial charge in [0.15, 0.2) is 0 Å². The number of fused-ring (bicyclic) bond motifs is 5. The van der Waals surface area contributed by atoms with Crippen LogP contribution in [-0.2, 0) is 19.1 Å². The van der Waals surface area contributed by atoms with Gasteiger partial charge in [0.25, 0.3) is 0 Å². The molecule has 0 aromatic heterocycles. The molecule has 4 aliphatic rings. The van der Waals surface area contributed by atoms with E-state index in [9.17, 15) is 14.7 Å². The summed E-state index contributed by atoms with van der Waals surface area (Å²) < 4.78 is 27.8. The average Bonchev–Trinajstić information content (AvgIpc) is 2.86. The maximum Gasteiger partial charge on any atom is 0.305 e. The van der Waals surface area contributed by atoms with Gasteiger partial charge in [-0.05, 0) is 69.1 Å². The van der Waals surface area contributed by atoms with Gasteiger partial charge in [0.05, 0.1) is 0 Å². The molecule has 164 valence electrons. The molecule has 0 heterocycles. The van der Waals surface area contributed by atoms with Crippen LogP contribution in [-0.4, -0.2) is 34.6 Å². The summed E-state index contributed by atoms with van der Waals surface area (Å²) in [6.07, 6.45) is 5.76. The molecule has 0 aromatic carbocycles. The maximum absolute atomic E-state index is 17.0. The van der Waals surface area contributed by atoms with E-state index in [1.807, 2.05) is 6.92 Å². The summed E-state index contributed by atoms with van der Waals surface area (Å²) in [6.45, 7) is 6.85. The van der Waals surface area contributed by atoms with Gasteiger partial charge in [0.1, 0.15) is 11.8 Å². The summed E-state index contributed by atoms with van der Waals surface area (Å²) in [7, 11) is 0. The molecule has 6 heteroatoms. The number of halogens is 1. The second-order valence-corrected chi connectivity index (χ2v) is 10.6. The highest BCUT2D eigenvalue weighted by atomic mass is 19.1. The van der Waals surface area contributed by atoms with E-state index < -0.39 is 28.3 Å². The van der Waals surface area contributed by atoms with Crippen molar-refractivity contribution in [1.82, 2.24) is 0 Å². The lowest BCUT2D eigenvalue weighted by atomic mass is 9.43. The van der Waals surface area contributed by atoms with E-state index in [1.54, 1.807) is 0 Å². The molecule has 4 fully saturated rings. The Bertz CT molecular complexity index is 711. The highest BCUT2D eigenvalue weighted by Gasteiger charge is 2.72. The zero-order chi connectivity index (χ0) is 21.2. The zero-order valence-corrected chi connectivity index (χ0v) is 18.1. The molecule has 0 aromatic rings. The van der Waals surface area contributed by atoms with Crippen LogP contribution in [0.15, 0.2) is 0 Å². The van der Waals surface area contributed by atoms with E-state index in [0.29, 0.717) is 32.1 Å². The fraction of sp³-hybridized carbons (Fsp3) is 0.913. The van der Waals surface area contributed by atoms with Crippen LogP contribution >= 0.6 is 0 Å². The van der Waals surface area contributed by atoms with E-state index in [-0.39, 0.29) is 29.8 Å². The third-order valence-corrected chi connectivity index (χ3v) is 9.44.